The Balaban J connectivity index is 1.09. The summed E-state index contributed by atoms with van der Waals surface area (Å²) in [6.45, 7) is 4.65. The van der Waals surface area contributed by atoms with Gasteiger partial charge in [-0.1, -0.05) is 98.8 Å². The number of rotatable bonds is 5. The van der Waals surface area contributed by atoms with Crippen molar-refractivity contribution in [3.63, 3.8) is 0 Å². The van der Waals surface area contributed by atoms with Gasteiger partial charge < -0.3 is 0 Å². The van der Waals surface area contributed by atoms with Crippen molar-refractivity contribution in [2.24, 2.45) is 0 Å². The Bertz CT molecular complexity index is 2090. The molecule has 0 unspecified atom stereocenters. The Morgan fingerprint density at radius 2 is 0.867 bits per heavy atom. The number of aromatic nitrogens is 4. The van der Waals surface area contributed by atoms with Crippen molar-refractivity contribution in [3.8, 4) is 67.0 Å². The van der Waals surface area contributed by atoms with E-state index in [0.717, 1.165) is 33.6 Å². The quantitative estimate of drug-likeness (QED) is 0.204. The second-order valence-electron chi connectivity index (χ2n) is 12.1. The van der Waals surface area contributed by atoms with Crippen LogP contribution in [0.3, 0.4) is 0 Å². The minimum Gasteiger partial charge on any atom is -0.245 e. The van der Waals surface area contributed by atoms with Crippen molar-refractivity contribution in [3.05, 3.63) is 158 Å². The Labute approximate surface area is 263 Å². The lowest BCUT2D eigenvalue weighted by Crippen LogP contribution is -2.14. The van der Waals surface area contributed by atoms with E-state index in [1.165, 1.54) is 44.5 Å². The van der Waals surface area contributed by atoms with Crippen LogP contribution in [-0.2, 0) is 5.41 Å². The van der Waals surface area contributed by atoms with E-state index >= 15 is 0 Å². The molecule has 2 heterocycles. The van der Waals surface area contributed by atoms with Crippen molar-refractivity contribution in [2.45, 2.75) is 19.3 Å². The summed E-state index contributed by atoms with van der Waals surface area (Å²) < 4.78 is 0. The predicted octanol–water partition coefficient (Wildman–Crippen LogP) is 9.91. The molecule has 4 heteroatoms. The smallest absolute Gasteiger partial charge is 0.116 e. The van der Waals surface area contributed by atoms with Gasteiger partial charge in [-0.2, -0.15) is 0 Å². The Hall–Kier alpha value is -5.74. The molecule has 0 bridgehead atoms. The number of hydrogen-bond donors (Lipinski definition) is 0. The van der Waals surface area contributed by atoms with Crippen LogP contribution in [0.1, 0.15) is 25.0 Å². The molecular formula is C41H30N4. The molecule has 0 amide bonds. The van der Waals surface area contributed by atoms with Gasteiger partial charge in [0.15, 0.2) is 0 Å². The van der Waals surface area contributed by atoms with Crippen LogP contribution in [0.4, 0.5) is 0 Å². The standard InChI is InChI=1S/C41H30N4/c1-41(2)37-6-4-3-5-35(37)36-24-31(15-16-38(36)41)29-11-7-27(8-12-29)28-9-13-30(14-10-28)32-21-33(39-17-19-42-25-44-39)23-34(22-32)40-18-20-43-26-45-40/h3-26H,1-2H3. The molecule has 8 rings (SSSR count). The molecule has 0 saturated heterocycles. The van der Waals surface area contributed by atoms with Crippen LogP contribution in [0.25, 0.3) is 67.0 Å². The molecule has 0 fully saturated rings. The summed E-state index contributed by atoms with van der Waals surface area (Å²) in [6.07, 6.45) is 6.69. The Kier molecular flexibility index (Phi) is 6.42. The average Bonchev–Trinajstić information content (AvgIpc) is 3.34. The molecule has 0 atom stereocenters. The lowest BCUT2D eigenvalue weighted by atomic mass is 9.82. The van der Waals surface area contributed by atoms with E-state index < -0.39 is 0 Å². The van der Waals surface area contributed by atoms with Crippen LogP contribution >= 0.6 is 0 Å². The molecule has 1 aliphatic rings. The molecule has 214 valence electrons. The Morgan fingerprint density at radius 3 is 1.42 bits per heavy atom. The zero-order valence-electron chi connectivity index (χ0n) is 25.1. The van der Waals surface area contributed by atoms with Crippen LogP contribution < -0.4 is 0 Å². The van der Waals surface area contributed by atoms with E-state index in [1.807, 2.05) is 12.1 Å². The van der Waals surface area contributed by atoms with Crippen molar-refractivity contribution in [2.75, 3.05) is 0 Å². The lowest BCUT2D eigenvalue weighted by molar-refractivity contribution is 0.660. The van der Waals surface area contributed by atoms with Crippen LogP contribution in [-0.4, -0.2) is 19.9 Å². The van der Waals surface area contributed by atoms with Crippen molar-refractivity contribution in [1.82, 2.24) is 19.9 Å². The topological polar surface area (TPSA) is 51.6 Å². The third-order valence-corrected chi connectivity index (χ3v) is 9.04. The fourth-order valence-corrected chi connectivity index (χ4v) is 6.62. The highest BCUT2D eigenvalue weighted by Gasteiger charge is 2.35. The minimum atomic E-state index is 0.0230. The molecule has 0 saturated carbocycles. The third-order valence-electron chi connectivity index (χ3n) is 9.04. The summed E-state index contributed by atoms with van der Waals surface area (Å²) in [4.78, 5) is 17.2. The monoisotopic (exact) mass is 578 g/mol. The molecule has 4 nitrogen and oxygen atoms in total. The summed E-state index contributed by atoms with van der Waals surface area (Å²) in [5.41, 5.74) is 16.4. The van der Waals surface area contributed by atoms with E-state index in [4.69, 9.17) is 0 Å². The molecule has 5 aromatic carbocycles. The average molecular weight is 579 g/mol. The molecule has 2 aromatic heterocycles. The molecule has 7 aromatic rings. The zero-order valence-corrected chi connectivity index (χ0v) is 25.1. The second-order valence-corrected chi connectivity index (χ2v) is 12.1. The Morgan fingerprint density at radius 1 is 0.400 bits per heavy atom. The maximum atomic E-state index is 4.49. The van der Waals surface area contributed by atoms with E-state index in [0.29, 0.717) is 0 Å². The fraction of sp³-hybridized carbons (Fsp3) is 0.0732. The molecule has 45 heavy (non-hydrogen) atoms. The summed E-state index contributed by atoms with van der Waals surface area (Å²) >= 11 is 0. The van der Waals surface area contributed by atoms with Crippen LogP contribution in [0.2, 0.25) is 0 Å². The molecule has 0 N–H and O–H groups in total. The van der Waals surface area contributed by atoms with Gasteiger partial charge in [-0.3, -0.25) is 0 Å². The van der Waals surface area contributed by atoms with Crippen molar-refractivity contribution >= 4 is 0 Å². The van der Waals surface area contributed by atoms with Gasteiger partial charge in [0.05, 0.1) is 11.4 Å². The first-order valence-electron chi connectivity index (χ1n) is 15.2. The highest BCUT2D eigenvalue weighted by Crippen LogP contribution is 2.49. The number of hydrogen-bond acceptors (Lipinski definition) is 4. The molecule has 0 radical (unpaired) electrons. The molecule has 0 aliphatic heterocycles. The molecule has 0 spiro atoms. The predicted molar refractivity (Wildman–Crippen MR) is 182 cm³/mol. The van der Waals surface area contributed by atoms with Gasteiger partial charge in [-0.15, -0.1) is 0 Å². The summed E-state index contributed by atoms with van der Waals surface area (Å²) in [5.74, 6) is 0. The summed E-state index contributed by atoms with van der Waals surface area (Å²) in [6, 6.07) is 43.7. The number of benzene rings is 5. The second kappa shape index (κ2) is 10.8. The summed E-state index contributed by atoms with van der Waals surface area (Å²) in [7, 11) is 0. The maximum Gasteiger partial charge on any atom is 0.116 e. The molecular weight excluding hydrogens is 548 g/mol. The van der Waals surface area contributed by atoms with E-state index in [2.05, 4.69) is 143 Å². The highest BCUT2D eigenvalue weighted by atomic mass is 14.8. The molecule has 1 aliphatic carbocycles. The largest absolute Gasteiger partial charge is 0.245 e. The van der Waals surface area contributed by atoms with Crippen molar-refractivity contribution in [1.29, 1.82) is 0 Å². The zero-order chi connectivity index (χ0) is 30.4. The van der Waals surface area contributed by atoms with Gasteiger partial charge in [0.25, 0.3) is 0 Å². The van der Waals surface area contributed by atoms with E-state index in [-0.39, 0.29) is 5.41 Å². The van der Waals surface area contributed by atoms with Gasteiger partial charge in [0.2, 0.25) is 0 Å². The van der Waals surface area contributed by atoms with Gasteiger partial charge in [-0.05, 0) is 92.0 Å². The first-order chi connectivity index (χ1) is 22.0. The van der Waals surface area contributed by atoms with Gasteiger partial charge in [0.1, 0.15) is 12.7 Å². The first-order valence-corrected chi connectivity index (χ1v) is 15.2. The summed E-state index contributed by atoms with van der Waals surface area (Å²) in [5, 5.41) is 0. The fourth-order valence-electron chi connectivity index (χ4n) is 6.62. The normalized spacial score (nSPS) is 12.8. The SMILES string of the molecule is CC1(C)c2ccccc2-c2cc(-c3ccc(-c4ccc(-c5cc(-c6ccncn6)cc(-c6ccncn6)c5)cc4)cc3)ccc21. The highest BCUT2D eigenvalue weighted by molar-refractivity contribution is 5.85. The minimum absolute atomic E-state index is 0.0230. The van der Waals surface area contributed by atoms with E-state index in [1.54, 1.807) is 25.0 Å². The van der Waals surface area contributed by atoms with Gasteiger partial charge >= 0.3 is 0 Å². The van der Waals surface area contributed by atoms with Crippen molar-refractivity contribution < 1.29 is 0 Å². The van der Waals surface area contributed by atoms with Crippen LogP contribution in [0.15, 0.2) is 146 Å². The van der Waals surface area contributed by atoms with Gasteiger partial charge in [-0.25, -0.2) is 19.9 Å². The third kappa shape index (κ3) is 4.81. The number of fused-ring (bicyclic) bond motifs is 3. The lowest BCUT2D eigenvalue weighted by Gasteiger charge is -2.21. The number of nitrogens with zero attached hydrogens (tertiary/aromatic N) is 4. The van der Waals surface area contributed by atoms with Gasteiger partial charge in [0, 0.05) is 28.9 Å². The maximum absolute atomic E-state index is 4.49. The first kappa shape index (κ1) is 26.9. The van der Waals surface area contributed by atoms with Crippen LogP contribution in [0, 0.1) is 0 Å². The van der Waals surface area contributed by atoms with Crippen LogP contribution in [0.5, 0.6) is 0 Å². The van der Waals surface area contributed by atoms with E-state index in [9.17, 15) is 0 Å².